The van der Waals surface area contributed by atoms with Gasteiger partial charge in [0, 0.05) is 13.1 Å². The maximum Gasteiger partial charge on any atom is 0.410 e. The first-order valence-electron chi connectivity index (χ1n) is 7.29. The topological polar surface area (TPSA) is 81.9 Å². The van der Waals surface area contributed by atoms with Crippen LogP contribution in [0.2, 0.25) is 0 Å². The van der Waals surface area contributed by atoms with Crippen LogP contribution < -0.4 is 5.73 Å². The minimum atomic E-state index is -0.661. The SMILES string of the molecule is COC(=O)[C@@H](N)C1CCN(C(=O)OC(C)(C)C)CC1(C)C. The molecule has 1 amide bonds. The summed E-state index contributed by atoms with van der Waals surface area (Å²) in [6.45, 7) is 10.6. The quantitative estimate of drug-likeness (QED) is 0.786. The molecular weight excluding hydrogens is 272 g/mol. The Bertz CT molecular complexity index is 401. The zero-order valence-electron chi connectivity index (χ0n) is 13.9. The molecule has 1 fully saturated rings. The summed E-state index contributed by atoms with van der Waals surface area (Å²) in [7, 11) is 1.34. The predicted molar refractivity (Wildman–Crippen MR) is 79.7 cm³/mol. The number of carbonyl (C=O) groups is 2. The van der Waals surface area contributed by atoms with Gasteiger partial charge in [-0.05, 0) is 38.5 Å². The lowest BCUT2D eigenvalue weighted by molar-refractivity contribution is -0.145. The normalized spacial score (nSPS) is 23.4. The molecule has 0 aromatic carbocycles. The van der Waals surface area contributed by atoms with Crippen LogP contribution >= 0.6 is 0 Å². The number of ether oxygens (including phenoxy) is 2. The van der Waals surface area contributed by atoms with E-state index in [0.29, 0.717) is 19.5 Å². The van der Waals surface area contributed by atoms with Crippen LogP contribution in [0.1, 0.15) is 41.0 Å². The van der Waals surface area contributed by atoms with Crippen molar-refractivity contribution in [1.82, 2.24) is 4.90 Å². The molecule has 21 heavy (non-hydrogen) atoms. The molecule has 2 atom stereocenters. The molecule has 2 N–H and O–H groups in total. The number of nitrogens with zero attached hydrogens (tertiary/aromatic N) is 1. The molecule has 0 aromatic heterocycles. The Morgan fingerprint density at radius 1 is 1.33 bits per heavy atom. The molecule has 0 saturated carbocycles. The molecule has 1 unspecified atom stereocenters. The predicted octanol–water partition coefficient (Wildman–Crippen LogP) is 1.77. The molecule has 1 heterocycles. The Morgan fingerprint density at radius 3 is 2.33 bits per heavy atom. The van der Waals surface area contributed by atoms with Gasteiger partial charge in [-0.1, -0.05) is 13.8 Å². The van der Waals surface area contributed by atoms with Gasteiger partial charge in [0.25, 0.3) is 0 Å². The van der Waals surface area contributed by atoms with E-state index in [-0.39, 0.29) is 17.4 Å². The molecule has 1 rings (SSSR count). The Balaban J connectivity index is 2.74. The number of methoxy groups -OCH3 is 1. The fourth-order valence-electron chi connectivity index (χ4n) is 2.82. The second-order valence-corrected chi connectivity index (χ2v) is 7.33. The van der Waals surface area contributed by atoms with Crippen molar-refractivity contribution in [3.63, 3.8) is 0 Å². The summed E-state index contributed by atoms with van der Waals surface area (Å²) in [5, 5.41) is 0. The molecule has 0 aliphatic carbocycles. The van der Waals surface area contributed by atoms with Gasteiger partial charge >= 0.3 is 12.1 Å². The standard InChI is InChI=1S/C15H28N2O4/c1-14(2,3)21-13(19)17-8-7-10(15(4,5)9-17)11(16)12(18)20-6/h10-11H,7-9,16H2,1-6H3/t10?,11-/m0/s1. The molecule has 1 aliphatic heterocycles. The minimum Gasteiger partial charge on any atom is -0.468 e. The monoisotopic (exact) mass is 300 g/mol. The van der Waals surface area contributed by atoms with E-state index in [1.165, 1.54) is 7.11 Å². The van der Waals surface area contributed by atoms with E-state index in [1.807, 2.05) is 34.6 Å². The lowest BCUT2D eigenvalue weighted by Crippen LogP contribution is -2.56. The summed E-state index contributed by atoms with van der Waals surface area (Å²) in [4.78, 5) is 25.5. The first-order valence-corrected chi connectivity index (χ1v) is 7.29. The van der Waals surface area contributed by atoms with E-state index >= 15 is 0 Å². The molecule has 6 nitrogen and oxygen atoms in total. The third kappa shape index (κ3) is 4.59. The summed E-state index contributed by atoms with van der Waals surface area (Å²) in [5.41, 5.74) is 5.20. The van der Waals surface area contributed by atoms with Crippen molar-refractivity contribution >= 4 is 12.1 Å². The number of nitrogens with two attached hydrogens (primary N) is 1. The van der Waals surface area contributed by atoms with E-state index in [0.717, 1.165) is 0 Å². The summed E-state index contributed by atoms with van der Waals surface area (Å²) in [6, 6.07) is -0.661. The Morgan fingerprint density at radius 2 is 1.90 bits per heavy atom. The van der Waals surface area contributed by atoms with E-state index in [2.05, 4.69) is 0 Å². The zero-order chi connectivity index (χ0) is 16.4. The van der Waals surface area contributed by atoms with Gasteiger partial charge in [0.15, 0.2) is 0 Å². The fourth-order valence-corrected chi connectivity index (χ4v) is 2.82. The highest BCUT2D eigenvalue weighted by Crippen LogP contribution is 2.37. The van der Waals surface area contributed by atoms with Crippen LogP contribution in [0.5, 0.6) is 0 Å². The summed E-state index contributed by atoms with van der Waals surface area (Å²) < 4.78 is 10.1. The molecule has 122 valence electrons. The number of likely N-dealkylation sites (tertiary alicyclic amines) is 1. The van der Waals surface area contributed by atoms with Crippen molar-refractivity contribution in [3.8, 4) is 0 Å². The highest BCUT2D eigenvalue weighted by molar-refractivity contribution is 5.76. The van der Waals surface area contributed by atoms with Crippen LogP contribution in [-0.4, -0.2) is 48.8 Å². The van der Waals surface area contributed by atoms with E-state index in [9.17, 15) is 9.59 Å². The third-order valence-corrected chi connectivity index (χ3v) is 3.87. The van der Waals surface area contributed by atoms with Crippen LogP contribution in [0, 0.1) is 11.3 Å². The van der Waals surface area contributed by atoms with E-state index < -0.39 is 17.6 Å². The van der Waals surface area contributed by atoms with Gasteiger partial charge in [0.2, 0.25) is 0 Å². The van der Waals surface area contributed by atoms with Gasteiger partial charge in [-0.3, -0.25) is 4.79 Å². The van der Waals surface area contributed by atoms with E-state index in [4.69, 9.17) is 15.2 Å². The zero-order valence-corrected chi connectivity index (χ0v) is 13.9. The maximum absolute atomic E-state index is 12.1. The average Bonchev–Trinajstić information content (AvgIpc) is 2.33. The van der Waals surface area contributed by atoms with Crippen LogP contribution in [0.25, 0.3) is 0 Å². The van der Waals surface area contributed by atoms with Crippen LogP contribution in [0.15, 0.2) is 0 Å². The summed E-state index contributed by atoms with van der Waals surface area (Å²) in [5.74, 6) is -0.428. The highest BCUT2D eigenvalue weighted by atomic mass is 16.6. The molecule has 0 radical (unpaired) electrons. The Labute approximate surface area is 126 Å². The van der Waals surface area contributed by atoms with Crippen LogP contribution in [0.3, 0.4) is 0 Å². The van der Waals surface area contributed by atoms with Crippen LogP contribution in [0.4, 0.5) is 4.79 Å². The number of hydrogen-bond acceptors (Lipinski definition) is 5. The second kappa shape index (κ2) is 6.22. The van der Waals surface area contributed by atoms with Gasteiger partial charge in [0.05, 0.1) is 7.11 Å². The number of carbonyl (C=O) groups excluding carboxylic acids is 2. The number of piperidine rings is 1. The van der Waals surface area contributed by atoms with Gasteiger partial charge in [0.1, 0.15) is 11.6 Å². The van der Waals surface area contributed by atoms with Crippen molar-refractivity contribution < 1.29 is 19.1 Å². The first kappa shape index (κ1) is 17.8. The third-order valence-electron chi connectivity index (χ3n) is 3.87. The summed E-state index contributed by atoms with van der Waals surface area (Å²) >= 11 is 0. The van der Waals surface area contributed by atoms with Gasteiger partial charge < -0.3 is 20.1 Å². The lowest BCUT2D eigenvalue weighted by Gasteiger charge is -2.45. The number of amides is 1. The largest absolute Gasteiger partial charge is 0.468 e. The fraction of sp³-hybridized carbons (Fsp3) is 0.867. The van der Waals surface area contributed by atoms with Crippen molar-refractivity contribution in [3.05, 3.63) is 0 Å². The molecule has 0 bridgehead atoms. The first-order chi connectivity index (χ1) is 9.48. The van der Waals surface area contributed by atoms with Crippen molar-refractivity contribution in [2.75, 3.05) is 20.2 Å². The number of esters is 1. The molecule has 0 aromatic rings. The summed E-state index contributed by atoms with van der Waals surface area (Å²) in [6.07, 6.45) is 0.336. The molecule has 1 saturated heterocycles. The second-order valence-electron chi connectivity index (χ2n) is 7.33. The van der Waals surface area contributed by atoms with Crippen molar-refractivity contribution in [2.45, 2.75) is 52.7 Å². The lowest BCUT2D eigenvalue weighted by atomic mass is 9.70. The Hall–Kier alpha value is -1.30. The number of rotatable bonds is 2. The maximum atomic E-state index is 12.1. The van der Waals surface area contributed by atoms with Gasteiger partial charge in [-0.25, -0.2) is 4.79 Å². The number of hydrogen-bond donors (Lipinski definition) is 1. The highest BCUT2D eigenvalue weighted by Gasteiger charge is 2.43. The van der Waals surface area contributed by atoms with Gasteiger partial charge in [-0.15, -0.1) is 0 Å². The van der Waals surface area contributed by atoms with E-state index in [1.54, 1.807) is 4.90 Å². The molecule has 0 spiro atoms. The van der Waals surface area contributed by atoms with Crippen molar-refractivity contribution in [1.29, 1.82) is 0 Å². The molecular formula is C15H28N2O4. The van der Waals surface area contributed by atoms with Crippen LogP contribution in [-0.2, 0) is 14.3 Å². The Kier molecular flexibility index (Phi) is 5.25. The van der Waals surface area contributed by atoms with Crippen molar-refractivity contribution in [2.24, 2.45) is 17.1 Å². The smallest absolute Gasteiger partial charge is 0.410 e. The minimum absolute atomic E-state index is 0.0244. The van der Waals surface area contributed by atoms with Gasteiger partial charge in [-0.2, -0.15) is 0 Å². The molecule has 6 heteroatoms. The molecule has 1 aliphatic rings. The average molecular weight is 300 g/mol.